The van der Waals surface area contributed by atoms with Crippen LogP contribution in [0.4, 0.5) is 26.2 Å². The number of nitrogens with one attached hydrogen (secondary N) is 2. The van der Waals surface area contributed by atoms with Gasteiger partial charge in [-0.15, -0.1) is 0 Å². The molecule has 2 aromatic rings. The first-order valence-corrected chi connectivity index (χ1v) is 7.48. The normalized spacial score (nSPS) is 14.4. The van der Waals surface area contributed by atoms with Crippen molar-refractivity contribution in [3.05, 3.63) is 54.3 Å². The molecule has 0 bridgehead atoms. The van der Waals surface area contributed by atoms with Crippen LogP contribution in [-0.4, -0.2) is 32.3 Å². The second kappa shape index (κ2) is 7.11. The summed E-state index contributed by atoms with van der Waals surface area (Å²) in [6.07, 6.45) is 0. The Labute approximate surface area is 134 Å². The fraction of sp³-hybridized carbons (Fsp3) is 0.235. The van der Waals surface area contributed by atoms with E-state index in [1.807, 2.05) is 24.3 Å². The highest BCUT2D eigenvalue weighted by molar-refractivity contribution is 5.99. The van der Waals surface area contributed by atoms with Gasteiger partial charge in [-0.25, -0.2) is 9.18 Å². The first-order valence-electron chi connectivity index (χ1n) is 7.48. The third-order valence-corrected chi connectivity index (χ3v) is 3.62. The maximum atomic E-state index is 13.5. The summed E-state index contributed by atoms with van der Waals surface area (Å²) >= 11 is 0. The predicted octanol–water partition coefficient (Wildman–Crippen LogP) is 3.31. The number of nitrogens with zero attached hydrogens (tertiary/aromatic N) is 1. The first-order chi connectivity index (χ1) is 11.2. The Morgan fingerprint density at radius 3 is 2.39 bits per heavy atom. The molecule has 1 saturated heterocycles. The van der Waals surface area contributed by atoms with Gasteiger partial charge >= 0.3 is 6.03 Å². The van der Waals surface area contributed by atoms with Crippen molar-refractivity contribution in [2.75, 3.05) is 41.8 Å². The van der Waals surface area contributed by atoms with Gasteiger partial charge in [0.1, 0.15) is 5.82 Å². The average molecular weight is 315 g/mol. The molecule has 0 atom stereocenters. The van der Waals surface area contributed by atoms with Crippen molar-refractivity contribution < 1.29 is 13.9 Å². The molecule has 0 aliphatic carbocycles. The van der Waals surface area contributed by atoms with Gasteiger partial charge in [-0.2, -0.15) is 0 Å². The van der Waals surface area contributed by atoms with Gasteiger partial charge in [0.15, 0.2) is 0 Å². The molecule has 1 aliphatic heterocycles. The van der Waals surface area contributed by atoms with Crippen LogP contribution in [0.2, 0.25) is 0 Å². The molecule has 2 N–H and O–H groups in total. The van der Waals surface area contributed by atoms with Gasteiger partial charge < -0.3 is 20.3 Å². The lowest BCUT2D eigenvalue weighted by Gasteiger charge is -2.28. The van der Waals surface area contributed by atoms with Crippen molar-refractivity contribution >= 4 is 23.1 Å². The number of hydrogen-bond acceptors (Lipinski definition) is 3. The number of benzene rings is 2. The Balaban J connectivity index is 1.59. The fourth-order valence-electron chi connectivity index (χ4n) is 2.42. The highest BCUT2D eigenvalue weighted by Gasteiger charge is 2.11. The number of carbonyl (C=O) groups is 1. The Bertz CT molecular complexity index is 670. The van der Waals surface area contributed by atoms with E-state index in [0.29, 0.717) is 5.69 Å². The Kier molecular flexibility index (Phi) is 4.73. The maximum absolute atomic E-state index is 13.5. The van der Waals surface area contributed by atoms with Crippen molar-refractivity contribution in [3.8, 4) is 0 Å². The molecule has 120 valence electrons. The van der Waals surface area contributed by atoms with Crippen LogP contribution in [0.3, 0.4) is 0 Å². The molecule has 6 heteroatoms. The van der Waals surface area contributed by atoms with E-state index >= 15 is 0 Å². The molecule has 3 rings (SSSR count). The van der Waals surface area contributed by atoms with Crippen molar-refractivity contribution in [1.29, 1.82) is 0 Å². The smallest absolute Gasteiger partial charge is 0.323 e. The molecule has 0 saturated carbocycles. The van der Waals surface area contributed by atoms with Crippen LogP contribution in [-0.2, 0) is 4.74 Å². The molecular formula is C17H18FN3O2. The quantitative estimate of drug-likeness (QED) is 0.914. The van der Waals surface area contributed by atoms with E-state index in [2.05, 4.69) is 15.5 Å². The number of anilines is 3. The molecule has 0 aromatic heterocycles. The number of hydrogen-bond donors (Lipinski definition) is 2. The SMILES string of the molecule is O=C(Nc1ccc(N2CCOCC2)cc1)Nc1ccccc1F. The molecule has 2 amide bonds. The minimum absolute atomic E-state index is 0.148. The summed E-state index contributed by atoms with van der Waals surface area (Å²) in [7, 11) is 0. The summed E-state index contributed by atoms with van der Waals surface area (Å²) < 4.78 is 18.8. The van der Waals surface area contributed by atoms with Crippen molar-refractivity contribution in [3.63, 3.8) is 0 Å². The lowest BCUT2D eigenvalue weighted by Crippen LogP contribution is -2.36. The van der Waals surface area contributed by atoms with E-state index in [1.165, 1.54) is 12.1 Å². The molecule has 5 nitrogen and oxygen atoms in total. The maximum Gasteiger partial charge on any atom is 0.323 e. The number of para-hydroxylation sites is 1. The Morgan fingerprint density at radius 1 is 1.00 bits per heavy atom. The number of ether oxygens (including phenoxy) is 1. The zero-order chi connectivity index (χ0) is 16.1. The van der Waals surface area contributed by atoms with Crippen LogP contribution >= 0.6 is 0 Å². The molecule has 23 heavy (non-hydrogen) atoms. The predicted molar refractivity (Wildman–Crippen MR) is 88.5 cm³/mol. The van der Waals surface area contributed by atoms with E-state index in [4.69, 9.17) is 4.74 Å². The topological polar surface area (TPSA) is 53.6 Å². The van der Waals surface area contributed by atoms with Crippen LogP contribution < -0.4 is 15.5 Å². The first kappa shape index (κ1) is 15.3. The van der Waals surface area contributed by atoms with E-state index in [1.54, 1.807) is 12.1 Å². The van der Waals surface area contributed by atoms with Crippen LogP contribution in [0.5, 0.6) is 0 Å². The van der Waals surface area contributed by atoms with E-state index in [-0.39, 0.29) is 5.69 Å². The number of rotatable bonds is 3. The summed E-state index contributed by atoms with van der Waals surface area (Å²) in [6, 6.07) is 13.1. The highest BCUT2D eigenvalue weighted by atomic mass is 19.1. The lowest BCUT2D eigenvalue weighted by atomic mass is 10.2. The summed E-state index contributed by atoms with van der Waals surface area (Å²) in [5.74, 6) is -0.467. The van der Waals surface area contributed by atoms with Crippen LogP contribution in [0.25, 0.3) is 0 Å². The molecule has 1 fully saturated rings. The lowest BCUT2D eigenvalue weighted by molar-refractivity contribution is 0.122. The number of halogens is 1. The summed E-state index contributed by atoms with van der Waals surface area (Å²) in [5.41, 5.74) is 1.89. The van der Waals surface area contributed by atoms with Crippen molar-refractivity contribution in [2.45, 2.75) is 0 Å². The minimum Gasteiger partial charge on any atom is -0.378 e. The fourth-order valence-corrected chi connectivity index (χ4v) is 2.42. The van der Waals surface area contributed by atoms with Crippen molar-refractivity contribution in [2.24, 2.45) is 0 Å². The van der Waals surface area contributed by atoms with Crippen LogP contribution in [0.1, 0.15) is 0 Å². The zero-order valence-electron chi connectivity index (χ0n) is 12.6. The van der Waals surface area contributed by atoms with E-state index < -0.39 is 11.8 Å². The van der Waals surface area contributed by atoms with Gasteiger partial charge in [-0.3, -0.25) is 0 Å². The molecule has 0 spiro atoms. The van der Waals surface area contributed by atoms with Gasteiger partial charge in [0.2, 0.25) is 0 Å². The van der Waals surface area contributed by atoms with Gasteiger partial charge in [0.25, 0.3) is 0 Å². The second-order valence-corrected chi connectivity index (χ2v) is 5.21. The number of morpholine rings is 1. The molecular weight excluding hydrogens is 297 g/mol. The molecule has 0 unspecified atom stereocenters. The summed E-state index contributed by atoms with van der Waals surface area (Å²) in [6.45, 7) is 3.18. The van der Waals surface area contributed by atoms with Gasteiger partial charge in [-0.1, -0.05) is 12.1 Å². The third kappa shape index (κ3) is 3.98. The Morgan fingerprint density at radius 2 is 1.70 bits per heavy atom. The van der Waals surface area contributed by atoms with Crippen molar-refractivity contribution in [1.82, 2.24) is 0 Å². The second-order valence-electron chi connectivity index (χ2n) is 5.21. The van der Waals surface area contributed by atoms with Gasteiger partial charge in [0, 0.05) is 24.5 Å². The summed E-state index contributed by atoms with van der Waals surface area (Å²) in [4.78, 5) is 14.1. The van der Waals surface area contributed by atoms with Crippen LogP contribution in [0, 0.1) is 5.82 Å². The average Bonchev–Trinajstić information content (AvgIpc) is 2.58. The van der Waals surface area contributed by atoms with E-state index in [0.717, 1.165) is 32.0 Å². The molecule has 1 heterocycles. The summed E-state index contributed by atoms with van der Waals surface area (Å²) in [5, 5.41) is 5.17. The number of urea groups is 1. The third-order valence-electron chi connectivity index (χ3n) is 3.62. The standard InChI is InChI=1S/C17H18FN3O2/c18-15-3-1-2-4-16(15)20-17(22)19-13-5-7-14(8-6-13)21-9-11-23-12-10-21/h1-8H,9-12H2,(H2,19,20,22). The largest absolute Gasteiger partial charge is 0.378 e. The number of carbonyl (C=O) groups excluding carboxylic acids is 1. The van der Waals surface area contributed by atoms with E-state index in [9.17, 15) is 9.18 Å². The highest BCUT2D eigenvalue weighted by Crippen LogP contribution is 2.19. The van der Waals surface area contributed by atoms with Gasteiger partial charge in [0.05, 0.1) is 18.9 Å². The van der Waals surface area contributed by atoms with Crippen LogP contribution in [0.15, 0.2) is 48.5 Å². The monoisotopic (exact) mass is 315 g/mol. The number of amides is 2. The van der Waals surface area contributed by atoms with Gasteiger partial charge in [-0.05, 0) is 36.4 Å². The molecule has 2 aromatic carbocycles. The minimum atomic E-state index is -0.478. The Hall–Kier alpha value is -2.60. The molecule has 0 radical (unpaired) electrons. The molecule has 1 aliphatic rings. The zero-order valence-corrected chi connectivity index (χ0v) is 12.6.